The molecule has 21 heavy (non-hydrogen) atoms. The highest BCUT2D eigenvalue weighted by atomic mass is 32.2. The Kier molecular flexibility index (Phi) is 8.21. The smallest absolute Gasteiger partial charge is 0.277 e. The topological polar surface area (TPSA) is 83.7 Å². The molecule has 0 saturated carbocycles. The molecule has 0 aromatic carbocycles. The molecule has 1 aliphatic heterocycles. The van der Waals surface area contributed by atoms with Crippen LogP contribution in [0.25, 0.3) is 0 Å². The molecule has 0 radical (unpaired) electrons. The van der Waals surface area contributed by atoms with Crippen LogP contribution in [0.15, 0.2) is 0 Å². The van der Waals surface area contributed by atoms with Crippen LogP contribution < -0.4 is 5.14 Å². The van der Waals surface area contributed by atoms with Crippen molar-refractivity contribution in [1.82, 2.24) is 9.21 Å². The minimum atomic E-state index is -3.61. The van der Waals surface area contributed by atoms with E-state index in [0.29, 0.717) is 32.6 Å². The Hall–Kier alpha value is -0.660. The summed E-state index contributed by atoms with van der Waals surface area (Å²) in [5.41, 5.74) is 0. The molecule has 1 fully saturated rings. The average Bonchev–Trinajstić information content (AvgIpc) is 2.45. The van der Waals surface area contributed by atoms with Crippen LogP contribution in [-0.4, -0.2) is 49.7 Å². The first kappa shape index (κ1) is 18.4. The SMILES string of the molecule is CCCCCCCCCC(=O)N1CCN(S(N)(=O)=O)CC1. The standard InChI is InChI=1S/C14H29N3O3S/c1-2-3-4-5-6-7-8-9-14(18)16-10-12-17(13-11-16)21(15,19)20/h2-13H2,1H3,(H2,15,19,20). The van der Waals surface area contributed by atoms with Gasteiger partial charge in [0.05, 0.1) is 0 Å². The molecule has 7 heteroatoms. The van der Waals surface area contributed by atoms with Crippen molar-refractivity contribution in [2.75, 3.05) is 26.2 Å². The number of unbranched alkanes of at least 4 members (excludes halogenated alkanes) is 6. The fourth-order valence-corrected chi connectivity index (χ4v) is 3.26. The van der Waals surface area contributed by atoms with Crippen LogP contribution in [-0.2, 0) is 15.0 Å². The fourth-order valence-electron chi connectivity index (χ4n) is 2.58. The van der Waals surface area contributed by atoms with Crippen molar-refractivity contribution in [3.63, 3.8) is 0 Å². The number of hydrogen-bond donors (Lipinski definition) is 1. The van der Waals surface area contributed by atoms with Gasteiger partial charge in [0.1, 0.15) is 0 Å². The Morgan fingerprint density at radius 3 is 2.00 bits per heavy atom. The minimum Gasteiger partial charge on any atom is -0.340 e. The van der Waals surface area contributed by atoms with Gasteiger partial charge >= 0.3 is 0 Å². The number of amides is 1. The number of nitrogens with zero attached hydrogens (tertiary/aromatic N) is 2. The highest BCUT2D eigenvalue weighted by Crippen LogP contribution is 2.11. The first-order chi connectivity index (χ1) is 9.95. The van der Waals surface area contributed by atoms with E-state index in [0.717, 1.165) is 12.8 Å². The van der Waals surface area contributed by atoms with Crippen LogP contribution in [0, 0.1) is 0 Å². The highest BCUT2D eigenvalue weighted by molar-refractivity contribution is 7.86. The van der Waals surface area contributed by atoms with Crippen LogP contribution in [0.3, 0.4) is 0 Å². The van der Waals surface area contributed by atoms with E-state index in [-0.39, 0.29) is 5.91 Å². The number of carbonyl (C=O) groups is 1. The zero-order valence-corrected chi connectivity index (χ0v) is 13.9. The summed E-state index contributed by atoms with van der Waals surface area (Å²) in [5, 5.41) is 5.07. The molecule has 0 aliphatic carbocycles. The molecule has 0 atom stereocenters. The predicted molar refractivity (Wildman–Crippen MR) is 83.9 cm³/mol. The molecule has 124 valence electrons. The summed E-state index contributed by atoms with van der Waals surface area (Å²) >= 11 is 0. The van der Waals surface area contributed by atoms with Gasteiger partial charge in [-0.15, -0.1) is 0 Å². The monoisotopic (exact) mass is 319 g/mol. The first-order valence-electron chi connectivity index (χ1n) is 8.00. The van der Waals surface area contributed by atoms with Gasteiger partial charge in [-0.3, -0.25) is 4.79 Å². The second kappa shape index (κ2) is 9.38. The summed E-state index contributed by atoms with van der Waals surface area (Å²) < 4.78 is 23.6. The molecule has 0 aromatic heterocycles. The Bertz CT molecular complexity index is 404. The fraction of sp³-hybridized carbons (Fsp3) is 0.929. The molecule has 0 aromatic rings. The quantitative estimate of drug-likeness (QED) is 0.653. The summed E-state index contributed by atoms with van der Waals surface area (Å²) in [6.07, 6.45) is 8.91. The Balaban J connectivity index is 2.11. The van der Waals surface area contributed by atoms with Crippen molar-refractivity contribution in [3.8, 4) is 0 Å². The first-order valence-corrected chi connectivity index (χ1v) is 9.51. The Morgan fingerprint density at radius 1 is 0.952 bits per heavy atom. The number of nitrogens with two attached hydrogens (primary N) is 1. The number of carbonyl (C=O) groups excluding carboxylic acids is 1. The molecule has 0 spiro atoms. The minimum absolute atomic E-state index is 0.137. The summed E-state index contributed by atoms with van der Waals surface area (Å²) in [6.45, 7) is 3.72. The summed E-state index contributed by atoms with van der Waals surface area (Å²) in [4.78, 5) is 13.8. The van der Waals surface area contributed by atoms with E-state index in [9.17, 15) is 13.2 Å². The molecule has 1 heterocycles. The molecular formula is C14H29N3O3S. The van der Waals surface area contributed by atoms with E-state index in [1.165, 1.54) is 36.4 Å². The second-order valence-electron chi connectivity index (χ2n) is 5.70. The maximum Gasteiger partial charge on any atom is 0.277 e. The lowest BCUT2D eigenvalue weighted by Crippen LogP contribution is -2.52. The van der Waals surface area contributed by atoms with Gasteiger partial charge in [-0.25, -0.2) is 5.14 Å². The number of piperazine rings is 1. The molecule has 1 saturated heterocycles. The maximum atomic E-state index is 12.0. The summed E-state index contributed by atoms with van der Waals surface area (Å²) in [6, 6.07) is 0. The zero-order valence-electron chi connectivity index (χ0n) is 13.1. The summed E-state index contributed by atoms with van der Waals surface area (Å²) in [5.74, 6) is 0.137. The highest BCUT2D eigenvalue weighted by Gasteiger charge is 2.25. The van der Waals surface area contributed by atoms with Gasteiger partial charge in [0.15, 0.2) is 0 Å². The van der Waals surface area contributed by atoms with Gasteiger partial charge < -0.3 is 4.90 Å². The second-order valence-corrected chi connectivity index (χ2v) is 7.24. The molecule has 1 rings (SSSR count). The van der Waals surface area contributed by atoms with E-state index in [4.69, 9.17) is 5.14 Å². The van der Waals surface area contributed by atoms with Crippen molar-refractivity contribution in [3.05, 3.63) is 0 Å². The van der Waals surface area contributed by atoms with E-state index in [2.05, 4.69) is 6.92 Å². The van der Waals surface area contributed by atoms with Crippen molar-refractivity contribution in [1.29, 1.82) is 0 Å². The molecule has 1 aliphatic rings. The average molecular weight is 319 g/mol. The van der Waals surface area contributed by atoms with Gasteiger partial charge in [-0.2, -0.15) is 12.7 Å². The molecular weight excluding hydrogens is 290 g/mol. The third-order valence-corrected chi connectivity index (χ3v) is 5.03. The summed E-state index contributed by atoms with van der Waals surface area (Å²) in [7, 11) is -3.61. The Morgan fingerprint density at radius 2 is 1.48 bits per heavy atom. The van der Waals surface area contributed by atoms with Crippen molar-refractivity contribution in [2.24, 2.45) is 5.14 Å². The lowest BCUT2D eigenvalue weighted by molar-refractivity contribution is -0.132. The van der Waals surface area contributed by atoms with E-state index in [1.54, 1.807) is 4.90 Å². The van der Waals surface area contributed by atoms with Gasteiger partial charge in [0.25, 0.3) is 10.2 Å². The molecule has 1 amide bonds. The Labute approximate surface area is 128 Å². The van der Waals surface area contributed by atoms with Crippen LogP contribution in [0.1, 0.15) is 58.3 Å². The third-order valence-electron chi connectivity index (χ3n) is 3.95. The molecule has 0 unspecified atom stereocenters. The van der Waals surface area contributed by atoms with Gasteiger partial charge in [-0.05, 0) is 6.42 Å². The molecule has 0 bridgehead atoms. The van der Waals surface area contributed by atoms with Crippen molar-refractivity contribution >= 4 is 16.1 Å². The number of hydrogen-bond acceptors (Lipinski definition) is 3. The van der Waals surface area contributed by atoms with Gasteiger partial charge in [-0.1, -0.05) is 45.4 Å². The maximum absolute atomic E-state index is 12.0. The zero-order chi connectivity index (χ0) is 15.7. The molecule has 2 N–H and O–H groups in total. The number of rotatable bonds is 9. The third kappa shape index (κ3) is 7.24. The predicted octanol–water partition coefficient (Wildman–Crippen LogP) is 1.47. The van der Waals surface area contributed by atoms with Gasteiger partial charge in [0.2, 0.25) is 5.91 Å². The van der Waals surface area contributed by atoms with E-state index in [1.807, 2.05) is 0 Å². The lowest BCUT2D eigenvalue weighted by atomic mass is 10.1. The van der Waals surface area contributed by atoms with Crippen molar-refractivity contribution in [2.45, 2.75) is 58.3 Å². The molecule has 6 nitrogen and oxygen atoms in total. The van der Waals surface area contributed by atoms with Gasteiger partial charge in [0, 0.05) is 32.6 Å². The van der Waals surface area contributed by atoms with Crippen LogP contribution >= 0.6 is 0 Å². The van der Waals surface area contributed by atoms with E-state index < -0.39 is 10.2 Å². The van der Waals surface area contributed by atoms with E-state index >= 15 is 0 Å². The lowest BCUT2D eigenvalue weighted by Gasteiger charge is -2.33. The van der Waals surface area contributed by atoms with Crippen LogP contribution in [0.2, 0.25) is 0 Å². The van der Waals surface area contributed by atoms with Crippen LogP contribution in [0.4, 0.5) is 0 Å². The normalized spacial score (nSPS) is 17.1. The van der Waals surface area contributed by atoms with Crippen molar-refractivity contribution < 1.29 is 13.2 Å². The van der Waals surface area contributed by atoms with Crippen LogP contribution in [0.5, 0.6) is 0 Å². The largest absolute Gasteiger partial charge is 0.340 e.